The Balaban J connectivity index is 1.39. The molecule has 6 rings (SSSR count). The van der Waals surface area contributed by atoms with Crippen molar-refractivity contribution in [2.75, 3.05) is 38.0 Å². The molecule has 212 valence electrons. The van der Waals surface area contributed by atoms with Crippen LogP contribution in [0.5, 0.6) is 0 Å². The van der Waals surface area contributed by atoms with E-state index in [1.165, 1.54) is 0 Å². The largest absolute Gasteiger partial charge is 0.454 e. The summed E-state index contributed by atoms with van der Waals surface area (Å²) in [6.07, 6.45) is -0.142. The highest BCUT2D eigenvalue weighted by molar-refractivity contribution is 6.00. The summed E-state index contributed by atoms with van der Waals surface area (Å²) in [5.41, 5.74) is 4.88. The predicted octanol–water partition coefficient (Wildman–Crippen LogP) is 7.19. The van der Waals surface area contributed by atoms with E-state index < -0.39 is 24.1 Å². The normalized spacial score (nSPS) is 16.1. The van der Waals surface area contributed by atoms with Crippen molar-refractivity contribution in [3.05, 3.63) is 119 Å². The van der Waals surface area contributed by atoms with Gasteiger partial charge in [0.25, 0.3) is 0 Å². The zero-order valence-electron chi connectivity index (χ0n) is 24.3. The SMILES string of the molecule is CN(C)c1ccc(C(=O)O[C@@H]2c3c(ccc4cc5ccccc5cc34)CC[C@H]2OC(=O)c2ccc(N(C)C)cc2)cc1. The first-order valence-corrected chi connectivity index (χ1v) is 14.2. The fourth-order valence-electron chi connectivity index (χ4n) is 5.71. The summed E-state index contributed by atoms with van der Waals surface area (Å²) >= 11 is 0. The van der Waals surface area contributed by atoms with E-state index in [1.807, 2.05) is 74.4 Å². The molecular weight excluding hydrogens is 524 g/mol. The number of fused-ring (bicyclic) bond motifs is 4. The topological polar surface area (TPSA) is 59.1 Å². The van der Waals surface area contributed by atoms with Crippen molar-refractivity contribution < 1.29 is 19.1 Å². The van der Waals surface area contributed by atoms with Crippen LogP contribution in [0.25, 0.3) is 21.5 Å². The van der Waals surface area contributed by atoms with Crippen LogP contribution in [-0.2, 0) is 15.9 Å². The molecule has 0 amide bonds. The lowest BCUT2D eigenvalue weighted by Crippen LogP contribution is -2.33. The Morgan fingerprint density at radius 1 is 0.643 bits per heavy atom. The highest BCUT2D eigenvalue weighted by Gasteiger charge is 2.37. The molecule has 0 unspecified atom stereocenters. The molecule has 5 aromatic carbocycles. The maximum Gasteiger partial charge on any atom is 0.338 e. The lowest BCUT2D eigenvalue weighted by molar-refractivity contribution is -0.0432. The van der Waals surface area contributed by atoms with Crippen LogP contribution >= 0.6 is 0 Å². The van der Waals surface area contributed by atoms with E-state index in [9.17, 15) is 9.59 Å². The third kappa shape index (κ3) is 5.28. The molecule has 0 aromatic heterocycles. The third-order valence-corrected chi connectivity index (χ3v) is 8.07. The van der Waals surface area contributed by atoms with Crippen LogP contribution < -0.4 is 9.80 Å². The van der Waals surface area contributed by atoms with Gasteiger partial charge < -0.3 is 19.3 Å². The lowest BCUT2D eigenvalue weighted by Gasteiger charge is -2.34. The number of carbonyl (C=O) groups is 2. The molecule has 0 saturated heterocycles. The minimum absolute atomic E-state index is 0.434. The van der Waals surface area contributed by atoms with Gasteiger partial charge in [-0.1, -0.05) is 36.4 Å². The fourth-order valence-corrected chi connectivity index (χ4v) is 5.71. The number of ether oxygens (including phenoxy) is 2. The van der Waals surface area contributed by atoms with Crippen molar-refractivity contribution in [2.24, 2.45) is 0 Å². The molecule has 0 radical (unpaired) electrons. The first-order valence-electron chi connectivity index (χ1n) is 14.2. The van der Waals surface area contributed by atoms with Crippen LogP contribution in [0.4, 0.5) is 11.4 Å². The summed E-state index contributed by atoms with van der Waals surface area (Å²) in [5, 5.41) is 4.29. The zero-order chi connectivity index (χ0) is 29.4. The summed E-state index contributed by atoms with van der Waals surface area (Å²) in [4.78, 5) is 30.9. The Morgan fingerprint density at radius 3 is 1.76 bits per heavy atom. The van der Waals surface area contributed by atoms with Gasteiger partial charge in [-0.15, -0.1) is 0 Å². The van der Waals surface area contributed by atoms with E-state index in [2.05, 4.69) is 36.4 Å². The van der Waals surface area contributed by atoms with Gasteiger partial charge in [0.1, 0.15) is 6.10 Å². The molecule has 6 nitrogen and oxygen atoms in total. The minimum Gasteiger partial charge on any atom is -0.454 e. The molecular formula is C36H34N2O4. The van der Waals surface area contributed by atoms with Crippen LogP contribution in [0, 0.1) is 0 Å². The lowest BCUT2D eigenvalue weighted by atomic mass is 9.83. The van der Waals surface area contributed by atoms with Crippen LogP contribution in [0.3, 0.4) is 0 Å². The Morgan fingerprint density at radius 2 is 1.19 bits per heavy atom. The fraction of sp³-hybridized carbons (Fsp3) is 0.222. The smallest absolute Gasteiger partial charge is 0.338 e. The second kappa shape index (κ2) is 11.2. The van der Waals surface area contributed by atoms with Crippen molar-refractivity contribution in [3.8, 4) is 0 Å². The second-order valence-corrected chi connectivity index (χ2v) is 11.2. The van der Waals surface area contributed by atoms with E-state index >= 15 is 0 Å². The first kappa shape index (κ1) is 27.3. The van der Waals surface area contributed by atoms with E-state index in [0.29, 0.717) is 24.0 Å². The Bertz CT molecular complexity index is 1780. The maximum absolute atomic E-state index is 13.6. The van der Waals surface area contributed by atoms with Gasteiger partial charge >= 0.3 is 11.9 Å². The van der Waals surface area contributed by atoms with Gasteiger partial charge in [-0.2, -0.15) is 0 Å². The summed E-state index contributed by atoms with van der Waals surface area (Å²) in [6, 6.07) is 31.4. The van der Waals surface area contributed by atoms with Gasteiger partial charge in [0.2, 0.25) is 0 Å². The van der Waals surface area contributed by atoms with Crippen molar-refractivity contribution in [1.82, 2.24) is 0 Å². The van der Waals surface area contributed by atoms with E-state index in [-0.39, 0.29) is 0 Å². The Hall–Kier alpha value is -4.84. The maximum atomic E-state index is 13.6. The predicted molar refractivity (Wildman–Crippen MR) is 169 cm³/mol. The molecule has 0 aliphatic heterocycles. The van der Waals surface area contributed by atoms with Gasteiger partial charge in [-0.05, 0) is 101 Å². The highest BCUT2D eigenvalue weighted by atomic mass is 16.6. The number of carbonyl (C=O) groups excluding carboxylic acids is 2. The third-order valence-electron chi connectivity index (χ3n) is 8.07. The highest BCUT2D eigenvalue weighted by Crippen LogP contribution is 2.41. The molecule has 0 fully saturated rings. The van der Waals surface area contributed by atoms with Gasteiger partial charge in [-0.3, -0.25) is 0 Å². The molecule has 0 heterocycles. The van der Waals surface area contributed by atoms with Crippen LogP contribution in [0.15, 0.2) is 97.1 Å². The van der Waals surface area contributed by atoms with Gasteiger partial charge in [0.15, 0.2) is 6.10 Å². The average molecular weight is 559 g/mol. The molecule has 1 aliphatic carbocycles. The van der Waals surface area contributed by atoms with E-state index in [1.54, 1.807) is 24.3 Å². The number of aryl methyl sites for hydroxylation is 1. The van der Waals surface area contributed by atoms with Crippen LogP contribution in [0.2, 0.25) is 0 Å². The zero-order valence-corrected chi connectivity index (χ0v) is 24.3. The van der Waals surface area contributed by atoms with Crippen molar-refractivity contribution in [1.29, 1.82) is 0 Å². The quantitative estimate of drug-likeness (QED) is 0.162. The molecule has 0 N–H and O–H groups in total. The molecule has 0 bridgehead atoms. The molecule has 2 atom stereocenters. The van der Waals surface area contributed by atoms with E-state index in [4.69, 9.17) is 9.47 Å². The summed E-state index contributed by atoms with van der Waals surface area (Å²) in [6.45, 7) is 0. The molecule has 0 spiro atoms. The monoisotopic (exact) mass is 558 g/mol. The van der Waals surface area contributed by atoms with Gasteiger partial charge in [0, 0.05) is 45.1 Å². The number of hydrogen-bond acceptors (Lipinski definition) is 6. The van der Waals surface area contributed by atoms with Crippen LogP contribution in [-0.4, -0.2) is 46.2 Å². The molecule has 1 aliphatic rings. The molecule has 5 aromatic rings. The number of hydrogen-bond donors (Lipinski definition) is 0. The average Bonchev–Trinajstić information content (AvgIpc) is 3.00. The van der Waals surface area contributed by atoms with E-state index in [0.717, 1.165) is 44.0 Å². The van der Waals surface area contributed by atoms with Gasteiger partial charge in [-0.25, -0.2) is 9.59 Å². The summed E-state index contributed by atoms with van der Waals surface area (Å²) in [5.74, 6) is -0.886. The molecule has 6 heteroatoms. The molecule has 42 heavy (non-hydrogen) atoms. The van der Waals surface area contributed by atoms with Crippen molar-refractivity contribution in [3.63, 3.8) is 0 Å². The van der Waals surface area contributed by atoms with Gasteiger partial charge in [0.05, 0.1) is 11.1 Å². The standard InChI is InChI=1S/C36H34N2O4/c1-37(2)29-16-11-24(12-17-29)35(39)41-32-20-15-23-9-10-28-21-26-7-5-6-8-27(26)22-31(28)33(23)34(32)42-36(40)25-13-18-30(19-14-25)38(3)4/h5-14,16-19,21-22,32,34H,15,20H2,1-4H3/t32-,34+/m1/s1. The molecule has 0 saturated carbocycles. The number of nitrogens with zero attached hydrogens (tertiary/aromatic N) is 2. The number of rotatable bonds is 6. The second-order valence-electron chi connectivity index (χ2n) is 11.2. The van der Waals surface area contributed by atoms with Crippen molar-refractivity contribution in [2.45, 2.75) is 25.0 Å². The summed E-state index contributed by atoms with van der Waals surface area (Å²) < 4.78 is 12.4. The van der Waals surface area contributed by atoms with Crippen LogP contribution in [0.1, 0.15) is 44.4 Å². The number of esters is 2. The first-order chi connectivity index (χ1) is 20.3. The Kier molecular flexibility index (Phi) is 7.29. The van der Waals surface area contributed by atoms with Crippen molar-refractivity contribution >= 4 is 44.9 Å². The minimum atomic E-state index is -0.760. The number of benzene rings is 5. The summed E-state index contributed by atoms with van der Waals surface area (Å²) in [7, 11) is 7.81. The Labute approximate surface area is 246 Å². The number of anilines is 2.